The highest BCUT2D eigenvalue weighted by atomic mass is 16.5. The van der Waals surface area contributed by atoms with Crippen molar-refractivity contribution >= 4 is 5.78 Å². The molecule has 0 atom stereocenters. The summed E-state index contributed by atoms with van der Waals surface area (Å²) in [6.45, 7) is -0.247. The molecule has 5 heteroatoms. The lowest BCUT2D eigenvalue weighted by Gasteiger charge is -2.07. The van der Waals surface area contributed by atoms with Crippen molar-refractivity contribution in [3.63, 3.8) is 0 Å². The second-order valence-electron chi connectivity index (χ2n) is 3.91. The van der Waals surface area contributed by atoms with E-state index < -0.39 is 5.78 Å². The van der Waals surface area contributed by atoms with Gasteiger partial charge in [0.2, 0.25) is 5.78 Å². The zero-order valence-electron chi connectivity index (χ0n) is 9.91. The van der Waals surface area contributed by atoms with E-state index in [4.69, 9.17) is 14.9 Å². The van der Waals surface area contributed by atoms with Crippen LogP contribution in [0.15, 0.2) is 42.5 Å². The largest absolute Gasteiger partial charge is 0.508 e. The van der Waals surface area contributed by atoms with E-state index in [1.165, 1.54) is 36.4 Å². The molecule has 0 saturated carbocycles. The molecule has 5 nitrogen and oxygen atoms in total. The van der Waals surface area contributed by atoms with Crippen molar-refractivity contribution in [2.24, 2.45) is 0 Å². The van der Waals surface area contributed by atoms with Crippen LogP contribution in [0.3, 0.4) is 0 Å². The molecule has 0 fully saturated rings. The number of phenolic OH excluding ortho intramolecular Hbond substituents is 3. The molecule has 19 heavy (non-hydrogen) atoms. The van der Waals surface area contributed by atoms with Crippen molar-refractivity contribution in [2.75, 3.05) is 6.61 Å². The number of ether oxygens (including phenoxy) is 1. The summed E-state index contributed by atoms with van der Waals surface area (Å²) in [6.07, 6.45) is 0. The third-order valence-corrected chi connectivity index (χ3v) is 2.49. The van der Waals surface area contributed by atoms with E-state index in [1.54, 1.807) is 0 Å². The van der Waals surface area contributed by atoms with Crippen molar-refractivity contribution in [1.29, 1.82) is 0 Å². The van der Waals surface area contributed by atoms with Gasteiger partial charge in [0.1, 0.15) is 23.0 Å². The highest BCUT2D eigenvalue weighted by Gasteiger charge is 2.12. The summed E-state index contributed by atoms with van der Waals surface area (Å²) in [5, 5.41) is 27.7. The first kappa shape index (κ1) is 12.8. The first-order valence-corrected chi connectivity index (χ1v) is 5.53. The van der Waals surface area contributed by atoms with Gasteiger partial charge < -0.3 is 20.1 Å². The number of rotatable bonds is 4. The van der Waals surface area contributed by atoms with E-state index in [2.05, 4.69) is 0 Å². The number of carbonyl (C=O) groups excluding carboxylic acids is 1. The zero-order valence-corrected chi connectivity index (χ0v) is 9.91. The average Bonchev–Trinajstić information content (AvgIpc) is 2.37. The number of hydrogen-bond acceptors (Lipinski definition) is 5. The normalized spacial score (nSPS) is 10.1. The lowest BCUT2D eigenvalue weighted by Crippen LogP contribution is -2.11. The van der Waals surface area contributed by atoms with E-state index in [0.29, 0.717) is 5.75 Å². The molecule has 0 aliphatic carbocycles. The number of carbonyl (C=O) groups is 1. The van der Waals surface area contributed by atoms with E-state index in [9.17, 15) is 9.90 Å². The van der Waals surface area contributed by atoms with Crippen LogP contribution in [0.5, 0.6) is 23.0 Å². The summed E-state index contributed by atoms with van der Waals surface area (Å²) in [4.78, 5) is 11.8. The predicted octanol–water partition coefficient (Wildman–Crippen LogP) is 2.07. The zero-order chi connectivity index (χ0) is 13.8. The van der Waals surface area contributed by atoms with Crippen LogP contribution < -0.4 is 4.74 Å². The Kier molecular flexibility index (Phi) is 3.56. The molecule has 2 aromatic rings. The van der Waals surface area contributed by atoms with Crippen molar-refractivity contribution in [3.05, 3.63) is 48.0 Å². The monoisotopic (exact) mass is 260 g/mol. The van der Waals surface area contributed by atoms with Crippen LogP contribution in [-0.4, -0.2) is 27.7 Å². The minimum absolute atomic E-state index is 0.0802. The minimum atomic E-state index is -0.412. The molecule has 0 aliphatic heterocycles. The molecule has 0 unspecified atom stereocenters. The van der Waals surface area contributed by atoms with Gasteiger partial charge in [-0.15, -0.1) is 0 Å². The smallest absolute Gasteiger partial charge is 0.203 e. The Bertz CT molecular complexity index is 589. The standard InChI is InChI=1S/C14H12O5/c15-9-1-4-11(5-2-9)19-8-14(18)12-6-3-10(16)7-13(12)17/h1-7,15-17H,8H2. The van der Waals surface area contributed by atoms with E-state index in [0.717, 1.165) is 6.07 Å². The molecule has 0 radical (unpaired) electrons. The molecule has 0 saturated heterocycles. The molecule has 2 aromatic carbocycles. The SMILES string of the molecule is O=C(COc1ccc(O)cc1)c1ccc(O)cc1O. The minimum Gasteiger partial charge on any atom is -0.508 e. The third-order valence-electron chi connectivity index (χ3n) is 2.49. The third kappa shape index (κ3) is 3.16. The fraction of sp³-hybridized carbons (Fsp3) is 0.0714. The highest BCUT2D eigenvalue weighted by Crippen LogP contribution is 2.23. The highest BCUT2D eigenvalue weighted by molar-refractivity contribution is 5.99. The summed E-state index contributed by atoms with van der Waals surface area (Å²) < 4.78 is 5.23. The summed E-state index contributed by atoms with van der Waals surface area (Å²) in [7, 11) is 0. The van der Waals surface area contributed by atoms with Gasteiger partial charge >= 0.3 is 0 Å². The van der Waals surface area contributed by atoms with Crippen molar-refractivity contribution < 1.29 is 24.9 Å². The average molecular weight is 260 g/mol. The lowest BCUT2D eigenvalue weighted by atomic mass is 10.1. The van der Waals surface area contributed by atoms with Gasteiger partial charge in [-0.05, 0) is 36.4 Å². The molecule has 0 aliphatic rings. The topological polar surface area (TPSA) is 87.0 Å². The number of Topliss-reactive ketones (excluding diaryl/α,β-unsaturated/α-hetero) is 1. The maximum Gasteiger partial charge on any atom is 0.203 e. The van der Waals surface area contributed by atoms with E-state index in [-0.39, 0.29) is 29.4 Å². The molecular weight excluding hydrogens is 248 g/mol. The van der Waals surface area contributed by atoms with Gasteiger partial charge in [-0.2, -0.15) is 0 Å². The number of benzene rings is 2. The molecule has 98 valence electrons. The first-order chi connectivity index (χ1) is 9.06. The first-order valence-electron chi connectivity index (χ1n) is 5.53. The Morgan fingerprint density at radius 3 is 2.21 bits per heavy atom. The molecular formula is C14H12O5. The quantitative estimate of drug-likeness (QED) is 0.732. The van der Waals surface area contributed by atoms with Crippen LogP contribution in [0.2, 0.25) is 0 Å². The summed E-state index contributed by atoms with van der Waals surface area (Å²) in [5.74, 6) is -0.280. The van der Waals surface area contributed by atoms with Crippen LogP contribution >= 0.6 is 0 Å². The second kappa shape index (κ2) is 5.30. The van der Waals surface area contributed by atoms with Gasteiger partial charge in [-0.25, -0.2) is 0 Å². The molecule has 0 heterocycles. The molecule has 3 N–H and O–H groups in total. The number of ketones is 1. The predicted molar refractivity (Wildman–Crippen MR) is 67.7 cm³/mol. The lowest BCUT2D eigenvalue weighted by molar-refractivity contribution is 0.0919. The van der Waals surface area contributed by atoms with E-state index in [1.807, 2.05) is 0 Å². The van der Waals surface area contributed by atoms with Crippen LogP contribution in [0.4, 0.5) is 0 Å². The van der Waals surface area contributed by atoms with Gasteiger partial charge in [0.05, 0.1) is 5.56 Å². The maximum atomic E-state index is 11.8. The summed E-state index contributed by atoms with van der Waals surface area (Å²) in [6, 6.07) is 9.67. The molecule has 0 amide bonds. The van der Waals surface area contributed by atoms with Crippen LogP contribution in [0.25, 0.3) is 0 Å². The summed E-state index contributed by atoms with van der Waals surface area (Å²) in [5.41, 5.74) is 0.0802. The molecule has 0 spiro atoms. The second-order valence-corrected chi connectivity index (χ2v) is 3.91. The van der Waals surface area contributed by atoms with Crippen LogP contribution in [-0.2, 0) is 0 Å². The number of aromatic hydroxyl groups is 3. The Balaban J connectivity index is 2.03. The summed E-state index contributed by atoms with van der Waals surface area (Å²) >= 11 is 0. The Morgan fingerprint density at radius 2 is 1.58 bits per heavy atom. The Hall–Kier alpha value is -2.69. The van der Waals surface area contributed by atoms with Crippen LogP contribution in [0, 0.1) is 0 Å². The molecule has 0 bridgehead atoms. The van der Waals surface area contributed by atoms with Crippen molar-refractivity contribution in [1.82, 2.24) is 0 Å². The molecule has 0 aromatic heterocycles. The van der Waals surface area contributed by atoms with Gasteiger partial charge in [-0.1, -0.05) is 0 Å². The maximum absolute atomic E-state index is 11.8. The Morgan fingerprint density at radius 1 is 0.947 bits per heavy atom. The van der Waals surface area contributed by atoms with Gasteiger partial charge in [0, 0.05) is 6.07 Å². The van der Waals surface area contributed by atoms with Gasteiger partial charge in [-0.3, -0.25) is 4.79 Å². The number of phenols is 3. The van der Waals surface area contributed by atoms with Crippen LogP contribution in [0.1, 0.15) is 10.4 Å². The van der Waals surface area contributed by atoms with Gasteiger partial charge in [0.15, 0.2) is 6.61 Å². The fourth-order valence-corrected chi connectivity index (χ4v) is 1.52. The fourth-order valence-electron chi connectivity index (χ4n) is 1.52. The molecule has 2 rings (SSSR count). The van der Waals surface area contributed by atoms with Gasteiger partial charge in [0.25, 0.3) is 0 Å². The van der Waals surface area contributed by atoms with Crippen molar-refractivity contribution in [3.8, 4) is 23.0 Å². The van der Waals surface area contributed by atoms with Crippen molar-refractivity contribution in [2.45, 2.75) is 0 Å². The number of hydrogen-bond donors (Lipinski definition) is 3. The van der Waals surface area contributed by atoms with E-state index >= 15 is 0 Å². The Labute approximate surface area is 109 Å².